The molecular weight excluding hydrogens is 461 g/mol. The molecule has 1 amide bonds. The van der Waals surface area contributed by atoms with Crippen molar-refractivity contribution in [2.24, 2.45) is 0 Å². The van der Waals surface area contributed by atoms with Crippen molar-refractivity contribution < 1.29 is 14.4 Å². The van der Waals surface area contributed by atoms with Crippen molar-refractivity contribution in [1.82, 2.24) is 25.0 Å². The monoisotopic (exact) mass is 487 g/mol. The molecule has 1 aromatic carbocycles. The number of hydrogen-bond donors (Lipinski definition) is 2. The Labute approximate surface area is 207 Å². The second kappa shape index (κ2) is 11.4. The van der Waals surface area contributed by atoms with Gasteiger partial charge in [-0.25, -0.2) is 9.37 Å². The van der Waals surface area contributed by atoms with Crippen LogP contribution in [-0.4, -0.2) is 37.3 Å². The van der Waals surface area contributed by atoms with E-state index in [0.717, 1.165) is 29.7 Å². The third-order valence-corrected chi connectivity index (χ3v) is 5.83. The number of fused-ring (bicyclic) bond motifs is 1. The Morgan fingerprint density at radius 2 is 1.92 bits per heavy atom. The van der Waals surface area contributed by atoms with Gasteiger partial charge in [-0.05, 0) is 55.5 Å². The van der Waals surface area contributed by atoms with Crippen LogP contribution in [-0.2, 0) is 17.6 Å². The lowest BCUT2D eigenvalue weighted by Gasteiger charge is -2.14. The van der Waals surface area contributed by atoms with Gasteiger partial charge >= 0.3 is 5.56 Å². The van der Waals surface area contributed by atoms with Gasteiger partial charge in [0.1, 0.15) is 11.3 Å². The maximum absolute atomic E-state index is 13.4. The van der Waals surface area contributed by atoms with Gasteiger partial charge in [-0.15, -0.1) is 0 Å². The smallest absolute Gasteiger partial charge is 0.309 e. The number of nitrogens with zero attached hydrogens (tertiary/aromatic N) is 4. The van der Waals surface area contributed by atoms with Crippen LogP contribution in [0.15, 0.2) is 72.2 Å². The van der Waals surface area contributed by atoms with Crippen LogP contribution < -0.4 is 10.9 Å². The summed E-state index contributed by atoms with van der Waals surface area (Å²) in [5, 5.41) is 13.2. The minimum Gasteiger partial charge on any atom is -0.425 e. The fraction of sp³-hybridized carbons (Fsp3) is 0.222. The number of pyridine rings is 2. The lowest BCUT2D eigenvalue weighted by Crippen LogP contribution is -2.27. The summed E-state index contributed by atoms with van der Waals surface area (Å²) in [5.41, 5.74) is 2.93. The van der Waals surface area contributed by atoms with Crippen molar-refractivity contribution in [1.29, 1.82) is 0 Å². The Balaban J connectivity index is 1.61. The number of rotatable bonds is 9. The fourth-order valence-electron chi connectivity index (χ4n) is 4.01. The third-order valence-electron chi connectivity index (χ3n) is 5.83. The highest BCUT2D eigenvalue weighted by Gasteiger charge is 2.19. The summed E-state index contributed by atoms with van der Waals surface area (Å²) < 4.78 is 13.7. The minimum absolute atomic E-state index is 0.0742. The van der Waals surface area contributed by atoms with Crippen LogP contribution in [0, 0.1) is 12.7 Å². The molecule has 36 heavy (non-hydrogen) atoms. The van der Waals surface area contributed by atoms with E-state index < -0.39 is 5.56 Å². The normalized spacial score (nSPS) is 11.6. The molecule has 0 atom stereocenters. The fourth-order valence-corrected chi connectivity index (χ4v) is 4.01. The molecule has 8 nitrogen and oxygen atoms in total. The summed E-state index contributed by atoms with van der Waals surface area (Å²) in [4.78, 5) is 38.3. The first kappa shape index (κ1) is 24.7. The minimum atomic E-state index is -0.660. The third kappa shape index (κ3) is 5.80. The number of hydrogen-bond acceptors (Lipinski definition) is 6. The van der Waals surface area contributed by atoms with E-state index in [4.69, 9.17) is 0 Å². The molecule has 3 heterocycles. The Morgan fingerprint density at radius 3 is 2.67 bits per heavy atom. The number of unbranched alkanes of at least 4 members (excludes halogenated alkanes) is 1. The van der Waals surface area contributed by atoms with Gasteiger partial charge in [0.15, 0.2) is 0 Å². The molecule has 0 aliphatic heterocycles. The van der Waals surface area contributed by atoms with E-state index in [0.29, 0.717) is 40.6 Å². The topological polar surface area (TPSA) is 110 Å². The van der Waals surface area contributed by atoms with Crippen LogP contribution >= 0.6 is 0 Å². The van der Waals surface area contributed by atoms with E-state index in [1.165, 1.54) is 24.5 Å². The molecule has 4 aromatic rings. The first-order valence-electron chi connectivity index (χ1n) is 11.6. The Morgan fingerprint density at radius 1 is 1.11 bits per heavy atom. The van der Waals surface area contributed by atoms with E-state index in [2.05, 4.69) is 20.3 Å². The van der Waals surface area contributed by atoms with Gasteiger partial charge in [0.05, 0.1) is 5.69 Å². The zero-order valence-corrected chi connectivity index (χ0v) is 19.8. The summed E-state index contributed by atoms with van der Waals surface area (Å²) in [6.45, 7) is 2.18. The van der Waals surface area contributed by atoms with Gasteiger partial charge in [0, 0.05) is 60.5 Å². The molecule has 184 valence electrons. The number of aryl methyl sites for hydroxylation is 2. The van der Waals surface area contributed by atoms with Gasteiger partial charge in [-0.2, -0.15) is 4.73 Å². The maximum Gasteiger partial charge on any atom is 0.309 e. The largest absolute Gasteiger partial charge is 0.425 e. The predicted molar refractivity (Wildman–Crippen MR) is 134 cm³/mol. The lowest BCUT2D eigenvalue weighted by molar-refractivity contribution is -0.115. The molecule has 0 radical (unpaired) electrons. The molecule has 0 aliphatic carbocycles. The predicted octanol–water partition coefficient (Wildman–Crippen LogP) is 3.64. The lowest BCUT2D eigenvalue weighted by atomic mass is 9.95. The number of benzene rings is 1. The van der Waals surface area contributed by atoms with Crippen molar-refractivity contribution in [3.8, 4) is 0 Å². The maximum atomic E-state index is 13.4. The van der Waals surface area contributed by atoms with Gasteiger partial charge in [0.25, 0.3) is 5.91 Å². The number of aromatic nitrogens is 4. The zero-order valence-electron chi connectivity index (χ0n) is 19.8. The first-order chi connectivity index (χ1) is 17.4. The van der Waals surface area contributed by atoms with Gasteiger partial charge in [0.2, 0.25) is 0 Å². The van der Waals surface area contributed by atoms with Gasteiger partial charge in [-0.1, -0.05) is 18.2 Å². The standard InChI is InChI=1S/C27H26FN5O3/c1-18-16-32-25-22(11-15-33(36)27(25)35)24(18)23(5-3-2-4-19-6-8-20(28)9-7-19)26(34)31-12-10-21-17-29-13-14-30-21/h5-9,11,13-17,36H,2-4,10,12H2,1H3,(H,31,34)/b23-5+. The average molecular weight is 488 g/mol. The number of allylic oxidation sites excluding steroid dienone is 1. The molecule has 0 aliphatic rings. The van der Waals surface area contributed by atoms with Crippen molar-refractivity contribution >= 4 is 22.4 Å². The second-order valence-corrected chi connectivity index (χ2v) is 8.38. The molecule has 0 saturated carbocycles. The van der Waals surface area contributed by atoms with Gasteiger partial charge in [-0.3, -0.25) is 19.6 Å². The Hall–Kier alpha value is -4.40. The van der Waals surface area contributed by atoms with Crippen LogP contribution in [0.5, 0.6) is 0 Å². The van der Waals surface area contributed by atoms with E-state index in [9.17, 15) is 19.2 Å². The van der Waals surface area contributed by atoms with E-state index in [1.54, 1.807) is 36.8 Å². The summed E-state index contributed by atoms with van der Waals surface area (Å²) >= 11 is 0. The number of halogens is 1. The number of nitrogens with one attached hydrogen (secondary N) is 1. The molecule has 2 N–H and O–H groups in total. The second-order valence-electron chi connectivity index (χ2n) is 8.38. The summed E-state index contributed by atoms with van der Waals surface area (Å²) in [7, 11) is 0. The number of carbonyl (C=O) groups is 1. The molecule has 0 unspecified atom stereocenters. The highest BCUT2D eigenvalue weighted by molar-refractivity contribution is 6.23. The summed E-state index contributed by atoms with van der Waals surface area (Å²) in [6, 6.07) is 7.94. The number of amides is 1. The summed E-state index contributed by atoms with van der Waals surface area (Å²) in [6.07, 6.45) is 12.0. The quantitative estimate of drug-likeness (QED) is 0.212. The molecular formula is C27H26FN5O3. The van der Waals surface area contributed by atoms with Crippen molar-refractivity contribution in [2.45, 2.75) is 32.6 Å². The molecule has 9 heteroatoms. The van der Waals surface area contributed by atoms with Crippen molar-refractivity contribution in [3.05, 3.63) is 106 Å². The molecule has 0 spiro atoms. The van der Waals surface area contributed by atoms with E-state index >= 15 is 0 Å². The molecule has 4 rings (SSSR count). The first-order valence-corrected chi connectivity index (χ1v) is 11.6. The van der Waals surface area contributed by atoms with Gasteiger partial charge < -0.3 is 10.5 Å². The SMILES string of the molecule is Cc1cnc2c(=O)n(O)ccc2c1/C(=C\CCCc1ccc(F)cc1)C(=O)NCCc1cnccn1. The van der Waals surface area contributed by atoms with Crippen LogP contribution in [0.25, 0.3) is 16.5 Å². The average Bonchev–Trinajstić information content (AvgIpc) is 2.88. The van der Waals surface area contributed by atoms with E-state index in [-0.39, 0.29) is 17.2 Å². The summed E-state index contributed by atoms with van der Waals surface area (Å²) in [5.74, 6) is -0.564. The molecule has 0 saturated heterocycles. The van der Waals surface area contributed by atoms with Crippen LogP contribution in [0.4, 0.5) is 4.39 Å². The van der Waals surface area contributed by atoms with Crippen molar-refractivity contribution in [3.63, 3.8) is 0 Å². The highest BCUT2D eigenvalue weighted by atomic mass is 19.1. The molecule has 0 bridgehead atoms. The van der Waals surface area contributed by atoms with E-state index in [1.807, 2.05) is 13.0 Å². The molecule has 3 aromatic heterocycles. The van der Waals surface area contributed by atoms with Crippen LogP contribution in [0.2, 0.25) is 0 Å². The zero-order chi connectivity index (χ0) is 25.5. The Bertz CT molecular complexity index is 1450. The highest BCUT2D eigenvalue weighted by Crippen LogP contribution is 2.27. The number of carbonyl (C=O) groups excluding carboxylic acids is 1. The van der Waals surface area contributed by atoms with Crippen molar-refractivity contribution in [2.75, 3.05) is 6.54 Å². The molecule has 0 fully saturated rings. The Kier molecular flexibility index (Phi) is 7.79. The van der Waals surface area contributed by atoms with Crippen LogP contribution in [0.3, 0.4) is 0 Å². The van der Waals surface area contributed by atoms with Crippen LogP contribution in [0.1, 0.15) is 35.2 Å².